The van der Waals surface area contributed by atoms with Gasteiger partial charge in [0.1, 0.15) is 23.7 Å². The number of carbonyl (C=O) groups excluding carboxylic acids is 1. The molecule has 0 saturated heterocycles. The molecule has 0 aliphatic heterocycles. The molecule has 4 heteroatoms. The Balaban J connectivity index is 1.77. The minimum Gasteiger partial charge on any atom is -0.492 e. The summed E-state index contributed by atoms with van der Waals surface area (Å²) < 4.78 is 12.4. The molecule has 0 unspecified atom stereocenters. The van der Waals surface area contributed by atoms with E-state index in [2.05, 4.69) is 32.6 Å². The number of fused-ring (bicyclic) bond motifs is 4. The molecule has 146 valence electrons. The maximum Gasteiger partial charge on any atom is 0.197 e. The highest BCUT2D eigenvalue weighted by Gasteiger charge is 2.43. The summed E-state index contributed by atoms with van der Waals surface area (Å²) in [5, 5.41) is 0.883. The van der Waals surface area contributed by atoms with Crippen LogP contribution in [0.25, 0.3) is 11.0 Å². The van der Waals surface area contributed by atoms with Crippen LogP contribution in [0.15, 0.2) is 46.9 Å². The van der Waals surface area contributed by atoms with E-state index in [0.29, 0.717) is 17.7 Å². The summed E-state index contributed by atoms with van der Waals surface area (Å²) in [6.45, 7) is 12.0. The van der Waals surface area contributed by atoms with E-state index in [1.807, 2.05) is 42.5 Å². The SMILES string of the molecule is CCN(CC)CCOc1cccc2c1C(C)(C)c1oc3ccccc3c1C2=O. The molecule has 0 saturated carbocycles. The van der Waals surface area contributed by atoms with Crippen molar-refractivity contribution in [2.24, 2.45) is 0 Å². The summed E-state index contributed by atoms with van der Waals surface area (Å²) in [6.07, 6.45) is 0. The second-order valence-electron chi connectivity index (χ2n) is 7.81. The van der Waals surface area contributed by atoms with E-state index in [9.17, 15) is 4.79 Å². The molecule has 0 fully saturated rings. The fraction of sp³-hybridized carbons (Fsp3) is 0.375. The Kier molecular flexibility index (Phi) is 4.76. The monoisotopic (exact) mass is 377 g/mol. The number of ketones is 1. The van der Waals surface area contributed by atoms with Crippen LogP contribution in [0.3, 0.4) is 0 Å². The zero-order valence-corrected chi connectivity index (χ0v) is 17.0. The van der Waals surface area contributed by atoms with Crippen LogP contribution in [0.1, 0.15) is 54.9 Å². The fourth-order valence-electron chi connectivity index (χ4n) is 4.27. The zero-order chi connectivity index (χ0) is 19.9. The number of furan rings is 1. The molecule has 1 aliphatic carbocycles. The molecular weight excluding hydrogens is 350 g/mol. The van der Waals surface area contributed by atoms with Crippen LogP contribution in [0, 0.1) is 0 Å². The number of carbonyl (C=O) groups is 1. The number of hydrogen-bond donors (Lipinski definition) is 0. The molecule has 0 N–H and O–H groups in total. The molecule has 3 aromatic rings. The van der Waals surface area contributed by atoms with Gasteiger partial charge >= 0.3 is 0 Å². The molecule has 2 aromatic carbocycles. The van der Waals surface area contributed by atoms with Gasteiger partial charge in [-0.3, -0.25) is 4.79 Å². The van der Waals surface area contributed by atoms with Gasteiger partial charge in [0.25, 0.3) is 0 Å². The van der Waals surface area contributed by atoms with Gasteiger partial charge < -0.3 is 14.1 Å². The lowest BCUT2D eigenvalue weighted by molar-refractivity contribution is 0.102. The minimum absolute atomic E-state index is 0.0171. The van der Waals surface area contributed by atoms with Gasteiger partial charge in [-0.05, 0) is 39.1 Å². The normalized spacial score (nSPS) is 15.0. The highest BCUT2D eigenvalue weighted by molar-refractivity contribution is 6.19. The van der Waals surface area contributed by atoms with E-state index >= 15 is 0 Å². The third kappa shape index (κ3) is 2.83. The number of para-hydroxylation sites is 1. The second kappa shape index (κ2) is 7.10. The number of ether oxygens (including phenoxy) is 1. The Morgan fingerprint density at radius 2 is 1.79 bits per heavy atom. The first-order valence-electron chi connectivity index (χ1n) is 10.0. The summed E-state index contributed by atoms with van der Waals surface area (Å²) in [6, 6.07) is 13.5. The first-order valence-corrected chi connectivity index (χ1v) is 10.0. The molecule has 0 radical (unpaired) electrons. The van der Waals surface area contributed by atoms with Crippen LogP contribution in [0.5, 0.6) is 5.75 Å². The van der Waals surface area contributed by atoms with Crippen LogP contribution in [-0.2, 0) is 5.41 Å². The highest BCUT2D eigenvalue weighted by Crippen LogP contribution is 2.48. The predicted molar refractivity (Wildman–Crippen MR) is 111 cm³/mol. The average Bonchev–Trinajstić information content (AvgIpc) is 3.10. The van der Waals surface area contributed by atoms with Gasteiger partial charge in [0, 0.05) is 23.1 Å². The van der Waals surface area contributed by atoms with Gasteiger partial charge in [0.05, 0.1) is 11.0 Å². The summed E-state index contributed by atoms with van der Waals surface area (Å²) in [5.74, 6) is 1.52. The van der Waals surface area contributed by atoms with Crippen molar-refractivity contribution >= 4 is 16.8 Å². The van der Waals surface area contributed by atoms with Gasteiger partial charge in [-0.25, -0.2) is 0 Å². The topological polar surface area (TPSA) is 42.7 Å². The molecule has 0 amide bonds. The molecule has 28 heavy (non-hydrogen) atoms. The van der Waals surface area contributed by atoms with E-state index in [1.54, 1.807) is 0 Å². The maximum atomic E-state index is 13.4. The first kappa shape index (κ1) is 18.8. The molecule has 0 spiro atoms. The van der Waals surface area contributed by atoms with Crippen LogP contribution in [-0.4, -0.2) is 36.9 Å². The Labute approximate surface area is 166 Å². The zero-order valence-electron chi connectivity index (χ0n) is 17.0. The largest absolute Gasteiger partial charge is 0.492 e. The fourth-order valence-corrected chi connectivity index (χ4v) is 4.27. The lowest BCUT2D eigenvalue weighted by Gasteiger charge is -2.32. The summed E-state index contributed by atoms with van der Waals surface area (Å²) in [5.41, 5.74) is 2.62. The van der Waals surface area contributed by atoms with Crippen LogP contribution in [0.4, 0.5) is 0 Å². The molecule has 0 atom stereocenters. The molecule has 4 nitrogen and oxygen atoms in total. The standard InChI is InChI=1S/C24H27NO3/c1-5-25(6-2)14-15-27-19-13-9-11-17-21(19)24(3,4)23-20(22(17)26)16-10-7-8-12-18(16)28-23/h7-13H,5-6,14-15H2,1-4H3. The third-order valence-corrected chi connectivity index (χ3v) is 5.85. The van der Waals surface area contributed by atoms with E-state index in [-0.39, 0.29) is 5.78 Å². The average molecular weight is 377 g/mol. The van der Waals surface area contributed by atoms with Crippen LogP contribution in [0.2, 0.25) is 0 Å². The molecule has 4 rings (SSSR count). The highest BCUT2D eigenvalue weighted by atomic mass is 16.5. The van der Waals surface area contributed by atoms with E-state index in [1.165, 1.54) is 0 Å². The van der Waals surface area contributed by atoms with Crippen molar-refractivity contribution in [1.29, 1.82) is 0 Å². The third-order valence-electron chi connectivity index (χ3n) is 5.85. The molecular formula is C24H27NO3. The number of hydrogen-bond acceptors (Lipinski definition) is 4. The summed E-state index contributed by atoms with van der Waals surface area (Å²) in [7, 11) is 0. The number of benzene rings is 2. The Morgan fingerprint density at radius 3 is 2.54 bits per heavy atom. The van der Waals surface area contributed by atoms with Crippen LogP contribution < -0.4 is 4.74 Å². The lowest BCUT2D eigenvalue weighted by Crippen LogP contribution is -2.31. The number of likely N-dealkylation sites (N-methyl/N-ethyl adjacent to an activating group) is 1. The van der Waals surface area contributed by atoms with Crippen molar-refractivity contribution in [2.75, 3.05) is 26.2 Å². The maximum absolute atomic E-state index is 13.4. The Morgan fingerprint density at radius 1 is 1.04 bits per heavy atom. The quantitative estimate of drug-likeness (QED) is 0.605. The molecule has 1 aliphatic rings. The van der Waals surface area contributed by atoms with E-state index < -0.39 is 5.41 Å². The Hall–Kier alpha value is -2.59. The van der Waals surface area contributed by atoms with Gasteiger partial charge in [0.2, 0.25) is 0 Å². The van der Waals surface area contributed by atoms with E-state index in [4.69, 9.17) is 9.15 Å². The number of nitrogens with zero attached hydrogens (tertiary/aromatic N) is 1. The summed E-state index contributed by atoms with van der Waals surface area (Å²) >= 11 is 0. The molecule has 1 heterocycles. The molecule has 0 bridgehead atoms. The smallest absolute Gasteiger partial charge is 0.197 e. The molecule has 1 aromatic heterocycles. The minimum atomic E-state index is -0.455. The van der Waals surface area contributed by atoms with Crippen molar-refractivity contribution in [1.82, 2.24) is 4.90 Å². The summed E-state index contributed by atoms with van der Waals surface area (Å²) in [4.78, 5) is 15.7. The Bertz CT molecular complexity index is 1030. The van der Waals surface area contributed by atoms with Crippen molar-refractivity contribution in [3.8, 4) is 5.75 Å². The number of rotatable bonds is 6. The second-order valence-corrected chi connectivity index (χ2v) is 7.81. The van der Waals surface area contributed by atoms with Crippen molar-refractivity contribution < 1.29 is 13.9 Å². The predicted octanol–water partition coefficient (Wildman–Crippen LogP) is 5.02. The van der Waals surface area contributed by atoms with Crippen molar-refractivity contribution in [2.45, 2.75) is 33.1 Å². The van der Waals surface area contributed by atoms with Gasteiger partial charge in [-0.1, -0.05) is 44.2 Å². The van der Waals surface area contributed by atoms with Crippen molar-refractivity contribution in [3.63, 3.8) is 0 Å². The van der Waals surface area contributed by atoms with Gasteiger partial charge in [-0.2, -0.15) is 0 Å². The van der Waals surface area contributed by atoms with Crippen LogP contribution >= 0.6 is 0 Å². The van der Waals surface area contributed by atoms with Gasteiger partial charge in [0.15, 0.2) is 5.78 Å². The lowest BCUT2D eigenvalue weighted by atomic mass is 9.71. The van der Waals surface area contributed by atoms with Gasteiger partial charge in [-0.15, -0.1) is 0 Å². The first-order chi connectivity index (χ1) is 13.5. The van der Waals surface area contributed by atoms with E-state index in [0.717, 1.165) is 47.7 Å². The van der Waals surface area contributed by atoms with Crippen molar-refractivity contribution in [3.05, 3.63) is 64.9 Å².